The molecule has 38 heavy (non-hydrogen) atoms. The van der Waals surface area contributed by atoms with Crippen molar-refractivity contribution in [3.8, 4) is 11.3 Å². The van der Waals surface area contributed by atoms with Crippen molar-refractivity contribution in [2.75, 3.05) is 7.11 Å². The van der Waals surface area contributed by atoms with Crippen molar-refractivity contribution in [2.45, 2.75) is 19.4 Å². The molecule has 9 nitrogen and oxygen atoms in total. The average Bonchev–Trinajstić information content (AvgIpc) is 3.51. The van der Waals surface area contributed by atoms with Gasteiger partial charge >= 0.3 is 5.97 Å². The zero-order chi connectivity index (χ0) is 27.0. The molecule has 3 heterocycles. The van der Waals surface area contributed by atoms with Gasteiger partial charge in [0.25, 0.3) is 11.2 Å². The highest BCUT2D eigenvalue weighted by atomic mass is 79.9. The van der Waals surface area contributed by atoms with Crippen molar-refractivity contribution in [1.82, 2.24) is 4.57 Å². The summed E-state index contributed by atoms with van der Waals surface area (Å²) < 4.78 is 13.4. The van der Waals surface area contributed by atoms with E-state index in [2.05, 4.69) is 20.9 Å². The maximum absolute atomic E-state index is 13.7. The molecule has 1 atom stereocenters. The Balaban J connectivity index is 1.65. The smallest absolute Gasteiger partial charge is 0.338 e. The minimum absolute atomic E-state index is 0.107. The van der Waals surface area contributed by atoms with E-state index in [0.29, 0.717) is 48.6 Å². The van der Waals surface area contributed by atoms with E-state index in [-0.39, 0.29) is 11.2 Å². The van der Waals surface area contributed by atoms with Crippen LogP contribution < -0.4 is 14.9 Å². The highest BCUT2D eigenvalue weighted by molar-refractivity contribution is 9.10. The van der Waals surface area contributed by atoms with Crippen LogP contribution in [0.3, 0.4) is 0 Å². The minimum Gasteiger partial charge on any atom is -0.466 e. The number of benzene rings is 2. The lowest BCUT2D eigenvalue weighted by Gasteiger charge is -2.25. The Kier molecular flexibility index (Phi) is 6.96. The van der Waals surface area contributed by atoms with Gasteiger partial charge in [-0.3, -0.25) is 19.5 Å². The van der Waals surface area contributed by atoms with Crippen molar-refractivity contribution in [3.63, 3.8) is 0 Å². The number of thiazole rings is 1. The van der Waals surface area contributed by atoms with Gasteiger partial charge in [-0.25, -0.2) is 9.79 Å². The molecule has 1 aliphatic heterocycles. The number of hydrogen-bond acceptors (Lipinski definition) is 8. The van der Waals surface area contributed by atoms with E-state index in [1.54, 1.807) is 30.3 Å². The first-order valence-electron chi connectivity index (χ1n) is 11.5. The van der Waals surface area contributed by atoms with Gasteiger partial charge in [-0.2, -0.15) is 0 Å². The number of nitro groups is 1. The molecule has 0 unspecified atom stereocenters. The SMILES string of the molecule is CCC1=C(C(=O)OC)[C@H](c2ccccc2)n2c(s/c(=C/c3ccc(-c4ccc(Br)cc4[N+](=O)[O-])o3)c2=O)=N1. The Morgan fingerprint density at radius 1 is 1.24 bits per heavy atom. The van der Waals surface area contributed by atoms with Gasteiger partial charge in [-0.15, -0.1) is 0 Å². The molecule has 0 aliphatic carbocycles. The number of fused-ring (bicyclic) bond motifs is 1. The number of nitrogens with zero attached hydrogens (tertiary/aromatic N) is 3. The summed E-state index contributed by atoms with van der Waals surface area (Å²) in [4.78, 5) is 42.7. The fraction of sp³-hybridized carbons (Fsp3) is 0.148. The summed E-state index contributed by atoms with van der Waals surface area (Å²) >= 11 is 4.43. The third-order valence-electron chi connectivity index (χ3n) is 6.09. The van der Waals surface area contributed by atoms with Crippen LogP contribution in [-0.4, -0.2) is 22.6 Å². The number of rotatable bonds is 6. The Bertz CT molecular complexity index is 1780. The molecule has 192 valence electrons. The first-order valence-corrected chi connectivity index (χ1v) is 13.2. The summed E-state index contributed by atoms with van der Waals surface area (Å²) in [6, 6.07) is 16.5. The summed E-state index contributed by atoms with van der Waals surface area (Å²) in [6.45, 7) is 1.89. The summed E-state index contributed by atoms with van der Waals surface area (Å²) in [6.07, 6.45) is 2.06. The number of furan rings is 1. The van der Waals surface area contributed by atoms with Crippen LogP contribution in [-0.2, 0) is 9.53 Å². The van der Waals surface area contributed by atoms with Gasteiger partial charge in [-0.05, 0) is 36.2 Å². The predicted octanol–water partition coefficient (Wildman–Crippen LogP) is 4.73. The second-order valence-corrected chi connectivity index (χ2v) is 10.2. The van der Waals surface area contributed by atoms with Gasteiger partial charge in [0.15, 0.2) is 4.80 Å². The molecule has 0 saturated carbocycles. The zero-order valence-corrected chi connectivity index (χ0v) is 22.6. The number of carbonyl (C=O) groups is 1. The van der Waals surface area contributed by atoms with Gasteiger partial charge in [0.2, 0.25) is 0 Å². The Morgan fingerprint density at radius 2 is 2.00 bits per heavy atom. The fourth-order valence-corrected chi connectivity index (χ4v) is 5.73. The van der Waals surface area contributed by atoms with Crippen molar-refractivity contribution in [2.24, 2.45) is 4.99 Å². The molecule has 0 spiro atoms. The summed E-state index contributed by atoms with van der Waals surface area (Å²) in [5.74, 6) is 0.105. The van der Waals surface area contributed by atoms with Crippen LogP contribution in [0, 0.1) is 10.1 Å². The van der Waals surface area contributed by atoms with Gasteiger partial charge in [-0.1, -0.05) is 64.5 Å². The molecule has 0 saturated heterocycles. The predicted molar refractivity (Wildman–Crippen MR) is 145 cm³/mol. The number of nitro benzene ring substituents is 1. The molecule has 0 fully saturated rings. The standard InChI is InChI=1S/C27H20BrN3O6S/c1-3-19-23(26(33)36-2)24(15-7-5-4-6-8-15)30-25(32)22(38-27(30)29-19)14-17-10-12-21(37-17)18-11-9-16(28)13-20(18)31(34)35/h4-14,24H,3H2,1-2H3/b22-14+/t24-/m0/s1. The minimum atomic E-state index is -0.699. The van der Waals surface area contributed by atoms with E-state index in [1.165, 1.54) is 29.1 Å². The number of hydrogen-bond donors (Lipinski definition) is 0. The van der Waals surface area contributed by atoms with Crippen LogP contribution in [0.2, 0.25) is 0 Å². The van der Waals surface area contributed by atoms with Gasteiger partial charge < -0.3 is 9.15 Å². The van der Waals surface area contributed by atoms with Gasteiger partial charge in [0, 0.05) is 16.6 Å². The summed E-state index contributed by atoms with van der Waals surface area (Å²) in [7, 11) is 1.31. The Morgan fingerprint density at radius 3 is 2.68 bits per heavy atom. The van der Waals surface area contributed by atoms with Crippen molar-refractivity contribution in [3.05, 3.63) is 118 Å². The van der Waals surface area contributed by atoms with E-state index < -0.39 is 16.9 Å². The van der Waals surface area contributed by atoms with Crippen LogP contribution in [0.4, 0.5) is 5.69 Å². The molecule has 0 N–H and O–H groups in total. The van der Waals surface area contributed by atoms with Crippen molar-refractivity contribution >= 4 is 45.0 Å². The van der Waals surface area contributed by atoms with Crippen LogP contribution in [0.25, 0.3) is 17.4 Å². The molecule has 2 aromatic heterocycles. The highest BCUT2D eigenvalue weighted by Crippen LogP contribution is 2.34. The molecule has 0 bridgehead atoms. The number of halogens is 1. The first-order chi connectivity index (χ1) is 18.3. The second-order valence-electron chi connectivity index (χ2n) is 8.32. The lowest BCUT2D eigenvalue weighted by molar-refractivity contribution is -0.384. The van der Waals surface area contributed by atoms with E-state index in [9.17, 15) is 19.7 Å². The second kappa shape index (κ2) is 10.3. The monoisotopic (exact) mass is 593 g/mol. The number of carbonyl (C=O) groups excluding carboxylic acids is 1. The summed E-state index contributed by atoms with van der Waals surface area (Å²) in [5, 5.41) is 11.5. The molecule has 0 amide bonds. The van der Waals surface area contributed by atoms with Crippen LogP contribution in [0.15, 0.2) is 90.6 Å². The molecule has 4 aromatic rings. The number of esters is 1. The molecule has 11 heteroatoms. The molecule has 2 aromatic carbocycles. The fourth-order valence-electron chi connectivity index (χ4n) is 4.38. The van der Waals surface area contributed by atoms with E-state index in [1.807, 2.05) is 37.3 Å². The molecular formula is C27H20BrN3O6S. The van der Waals surface area contributed by atoms with Crippen molar-refractivity contribution in [1.29, 1.82) is 0 Å². The summed E-state index contributed by atoms with van der Waals surface area (Å²) in [5.41, 5.74) is 1.50. The third-order valence-corrected chi connectivity index (χ3v) is 7.56. The zero-order valence-electron chi connectivity index (χ0n) is 20.2. The number of methoxy groups -OCH3 is 1. The third kappa shape index (κ3) is 4.54. The van der Waals surface area contributed by atoms with Crippen molar-refractivity contribution < 1.29 is 18.9 Å². The number of aromatic nitrogens is 1. The largest absolute Gasteiger partial charge is 0.466 e. The number of ether oxygens (including phenoxy) is 1. The lowest BCUT2D eigenvalue weighted by atomic mass is 9.95. The molecular weight excluding hydrogens is 574 g/mol. The van der Waals surface area contributed by atoms with Gasteiger partial charge in [0.05, 0.1) is 39.4 Å². The topological polar surface area (TPSA) is 117 Å². The van der Waals surface area contributed by atoms with Gasteiger partial charge in [0.1, 0.15) is 11.5 Å². The quantitative estimate of drug-likeness (QED) is 0.181. The Hall–Kier alpha value is -4.09. The van der Waals surface area contributed by atoms with E-state index in [0.717, 1.165) is 5.56 Å². The maximum atomic E-state index is 13.7. The highest BCUT2D eigenvalue weighted by Gasteiger charge is 2.33. The van der Waals surface area contributed by atoms with Crippen LogP contribution in [0.5, 0.6) is 0 Å². The van der Waals surface area contributed by atoms with E-state index in [4.69, 9.17) is 9.15 Å². The number of allylic oxidation sites excluding steroid dienone is 1. The lowest BCUT2D eigenvalue weighted by Crippen LogP contribution is -2.40. The maximum Gasteiger partial charge on any atom is 0.338 e. The Labute approximate surface area is 228 Å². The average molecular weight is 594 g/mol. The van der Waals surface area contributed by atoms with Crippen LogP contribution >= 0.6 is 27.3 Å². The molecule has 5 rings (SSSR count). The first kappa shape index (κ1) is 25.6. The molecule has 0 radical (unpaired) electrons. The normalized spacial score (nSPS) is 15.2. The van der Waals surface area contributed by atoms with Crippen LogP contribution in [0.1, 0.15) is 30.7 Å². The van der Waals surface area contributed by atoms with E-state index >= 15 is 0 Å². The molecule has 1 aliphatic rings.